The van der Waals surface area contributed by atoms with Crippen molar-refractivity contribution in [3.05, 3.63) is 0 Å². The molecule has 0 rings (SSSR count). The highest BCUT2D eigenvalue weighted by Gasteiger charge is 2.03. The third kappa shape index (κ3) is 5.41. The van der Waals surface area contributed by atoms with Crippen molar-refractivity contribution in [1.82, 2.24) is 0 Å². The van der Waals surface area contributed by atoms with Crippen LogP contribution in [0.1, 0.15) is 6.42 Å². The lowest BCUT2D eigenvalue weighted by Gasteiger charge is -2.11. The van der Waals surface area contributed by atoms with E-state index in [9.17, 15) is 0 Å². The first-order chi connectivity index (χ1) is 4.85. The minimum Gasteiger partial charge on any atom is -0.360 e. The molecule has 0 saturated carbocycles. The molecule has 2 nitrogen and oxygen atoms in total. The van der Waals surface area contributed by atoms with E-state index in [2.05, 4.69) is 15.9 Å². The van der Waals surface area contributed by atoms with E-state index in [0.29, 0.717) is 0 Å². The van der Waals surface area contributed by atoms with E-state index in [1.807, 2.05) is 0 Å². The monoisotopic (exact) mass is 226 g/mol. The largest absolute Gasteiger partial charge is 0.360 e. The minimum absolute atomic E-state index is 0.124. The Kier molecular flexibility index (Phi) is 8.20. The molecule has 0 aromatic heterocycles. The van der Waals surface area contributed by atoms with Gasteiger partial charge in [-0.3, -0.25) is 0 Å². The van der Waals surface area contributed by atoms with Gasteiger partial charge in [0.2, 0.25) is 0 Å². The molecule has 0 amide bonds. The van der Waals surface area contributed by atoms with Gasteiger partial charge in [0.05, 0.1) is 9.52 Å². The zero-order chi connectivity index (χ0) is 7.82. The topological polar surface area (TPSA) is 18.5 Å². The highest BCUT2D eigenvalue weighted by Crippen LogP contribution is 1.98. The van der Waals surface area contributed by atoms with Crippen molar-refractivity contribution < 1.29 is 9.47 Å². The Bertz CT molecular complexity index is 68.8. The van der Waals surface area contributed by atoms with Gasteiger partial charge in [0.1, 0.15) is 5.91 Å². The van der Waals surface area contributed by atoms with Gasteiger partial charge in [-0.25, -0.2) is 0 Å². The van der Waals surface area contributed by atoms with Crippen LogP contribution in [0.3, 0.4) is 0 Å². The molecule has 0 fully saturated rings. The molecule has 0 aromatic rings. The van der Waals surface area contributed by atoms with Crippen molar-refractivity contribution in [2.75, 3.05) is 19.5 Å². The Morgan fingerprint density at radius 3 is 2.40 bits per heavy atom. The molecular weight excluding hydrogens is 212 g/mol. The van der Waals surface area contributed by atoms with Crippen LogP contribution in [-0.2, 0) is 9.47 Å². The van der Waals surface area contributed by atoms with E-state index < -0.39 is 0 Å². The highest BCUT2D eigenvalue weighted by molar-refractivity contribution is 9.09. The molecule has 0 aromatic carbocycles. The third-order valence-corrected chi connectivity index (χ3v) is 3.96. The second-order valence-electron chi connectivity index (χ2n) is 2.09. The van der Waals surface area contributed by atoms with Crippen LogP contribution in [-0.4, -0.2) is 35.0 Å². The molecule has 4 heteroatoms. The van der Waals surface area contributed by atoms with E-state index in [4.69, 9.17) is 9.47 Å². The van der Waals surface area contributed by atoms with Gasteiger partial charge >= 0.3 is 0 Å². The van der Waals surface area contributed by atoms with Crippen LogP contribution in [0.4, 0.5) is 0 Å². The quantitative estimate of drug-likeness (QED) is 0.291. The molecule has 0 radical (unpaired) electrons. The van der Waals surface area contributed by atoms with Crippen LogP contribution >= 0.6 is 15.9 Å². The number of rotatable bonds is 6. The smallest absolute Gasteiger partial charge is 0.134 e. The van der Waals surface area contributed by atoms with Crippen molar-refractivity contribution in [2.45, 2.75) is 18.4 Å². The van der Waals surface area contributed by atoms with Crippen LogP contribution in [0.5, 0.6) is 0 Å². The van der Waals surface area contributed by atoms with Gasteiger partial charge in [-0.15, -0.1) is 0 Å². The first-order valence-electron chi connectivity index (χ1n) is 3.46. The van der Waals surface area contributed by atoms with Crippen LogP contribution in [0.25, 0.3) is 0 Å². The van der Waals surface area contributed by atoms with E-state index in [1.54, 1.807) is 14.2 Å². The standard InChI is InChI=1S/C6H15BrO2Si/c1-8-6(9-2)10-5-3-4-7/h6H,3-5,10H2,1-2H3. The maximum Gasteiger partial charge on any atom is 0.134 e. The molecule has 0 unspecified atom stereocenters. The summed E-state index contributed by atoms with van der Waals surface area (Å²) in [5.74, 6) is 0.124. The lowest BCUT2D eigenvalue weighted by atomic mass is 10.6. The average Bonchev–Trinajstić information content (AvgIpc) is 1.99. The molecule has 0 aliphatic heterocycles. The van der Waals surface area contributed by atoms with Crippen molar-refractivity contribution in [2.24, 2.45) is 0 Å². The summed E-state index contributed by atoms with van der Waals surface area (Å²) >= 11 is 3.38. The molecule has 0 aliphatic rings. The number of halogens is 1. The second kappa shape index (κ2) is 7.72. The lowest BCUT2D eigenvalue weighted by Crippen LogP contribution is -2.20. The summed E-state index contributed by atoms with van der Waals surface area (Å²) in [6.45, 7) is 0. The van der Waals surface area contributed by atoms with Crippen LogP contribution in [0.15, 0.2) is 0 Å². The molecule has 62 valence electrons. The molecule has 0 saturated heterocycles. The first kappa shape index (κ1) is 10.6. The normalized spacial score (nSPS) is 12.0. The highest BCUT2D eigenvalue weighted by atomic mass is 79.9. The Morgan fingerprint density at radius 1 is 1.40 bits per heavy atom. The molecule has 0 heterocycles. The molecule has 0 spiro atoms. The van der Waals surface area contributed by atoms with Gasteiger partial charge < -0.3 is 9.47 Å². The summed E-state index contributed by atoms with van der Waals surface area (Å²) in [6.07, 6.45) is 1.25. The van der Waals surface area contributed by atoms with E-state index in [-0.39, 0.29) is 15.4 Å². The van der Waals surface area contributed by atoms with E-state index >= 15 is 0 Å². The van der Waals surface area contributed by atoms with Crippen molar-refractivity contribution >= 4 is 25.4 Å². The Balaban J connectivity index is 3.09. The Morgan fingerprint density at radius 2 is 2.00 bits per heavy atom. The third-order valence-electron chi connectivity index (χ3n) is 1.35. The zero-order valence-corrected chi connectivity index (χ0v) is 9.60. The maximum atomic E-state index is 5.07. The fourth-order valence-electron chi connectivity index (χ4n) is 0.737. The summed E-state index contributed by atoms with van der Waals surface area (Å²) in [7, 11) is 3.25. The van der Waals surface area contributed by atoms with E-state index in [1.165, 1.54) is 12.5 Å². The molecule has 0 atom stereocenters. The summed E-state index contributed by atoms with van der Waals surface area (Å²) in [5, 5.41) is 1.10. The number of methoxy groups -OCH3 is 2. The fourth-order valence-corrected chi connectivity index (χ4v) is 3.21. The van der Waals surface area contributed by atoms with Gasteiger partial charge in [-0.2, -0.15) is 0 Å². The molecule has 0 aliphatic carbocycles. The lowest BCUT2D eigenvalue weighted by molar-refractivity contribution is -0.0441. The van der Waals surface area contributed by atoms with Gasteiger partial charge in [0, 0.05) is 19.5 Å². The maximum absolute atomic E-state index is 5.07. The predicted molar refractivity (Wildman–Crippen MR) is 49.6 cm³/mol. The van der Waals surface area contributed by atoms with Crippen LogP contribution in [0, 0.1) is 0 Å². The first-order valence-corrected chi connectivity index (χ1v) is 6.40. The summed E-state index contributed by atoms with van der Waals surface area (Å²) < 4.78 is 10.1. The molecule has 10 heavy (non-hydrogen) atoms. The Labute approximate surface area is 73.2 Å². The van der Waals surface area contributed by atoms with Crippen LogP contribution < -0.4 is 0 Å². The number of hydrogen-bond donors (Lipinski definition) is 0. The van der Waals surface area contributed by atoms with E-state index in [0.717, 1.165) is 5.33 Å². The van der Waals surface area contributed by atoms with Gasteiger partial charge in [0.25, 0.3) is 0 Å². The predicted octanol–water partition coefficient (Wildman–Crippen LogP) is 0.935. The zero-order valence-electron chi connectivity index (χ0n) is 6.60. The molecule has 0 N–H and O–H groups in total. The summed E-state index contributed by atoms with van der Waals surface area (Å²) in [6, 6.07) is 1.29. The van der Waals surface area contributed by atoms with Gasteiger partial charge in [-0.05, 0) is 6.42 Å². The fraction of sp³-hybridized carbons (Fsp3) is 1.00. The average molecular weight is 227 g/mol. The number of hydrogen-bond acceptors (Lipinski definition) is 2. The van der Waals surface area contributed by atoms with Gasteiger partial charge in [-0.1, -0.05) is 22.0 Å². The number of alkyl halides is 1. The SMILES string of the molecule is COC(OC)[SiH2]CCCBr. The van der Waals surface area contributed by atoms with Crippen molar-refractivity contribution in [3.63, 3.8) is 0 Å². The molecule has 0 bridgehead atoms. The number of ether oxygens (including phenoxy) is 2. The Hall–Kier alpha value is 0.617. The summed E-state index contributed by atoms with van der Waals surface area (Å²) in [4.78, 5) is 0. The van der Waals surface area contributed by atoms with Crippen LogP contribution in [0.2, 0.25) is 6.04 Å². The second-order valence-corrected chi connectivity index (χ2v) is 4.83. The van der Waals surface area contributed by atoms with Gasteiger partial charge in [0.15, 0.2) is 0 Å². The summed E-state index contributed by atoms with van der Waals surface area (Å²) in [5.41, 5.74) is 0. The van der Waals surface area contributed by atoms with Crippen molar-refractivity contribution in [3.8, 4) is 0 Å². The van der Waals surface area contributed by atoms with Crippen molar-refractivity contribution in [1.29, 1.82) is 0 Å². The molecular formula is C6H15BrO2Si. The minimum atomic E-state index is -0.160.